The standard InChI is InChI=1S/C19H24ClN5O/c20-15-5-1-2-6-16(15)25-18(14-7-8-14)23-17(24-25)19(26)22-11-9-13-4-3-10-21-12-13/h1-2,5-6,13-14,21H,3-4,7-12H2,(H,22,26). The van der Waals surface area contributed by atoms with Gasteiger partial charge in [-0.1, -0.05) is 23.7 Å². The Labute approximate surface area is 158 Å². The summed E-state index contributed by atoms with van der Waals surface area (Å²) in [6, 6.07) is 7.53. The molecule has 2 heterocycles. The summed E-state index contributed by atoms with van der Waals surface area (Å²) in [6.07, 6.45) is 5.60. The average Bonchev–Trinajstić information content (AvgIpc) is 3.41. The molecule has 2 aromatic rings. The van der Waals surface area contributed by atoms with E-state index >= 15 is 0 Å². The molecule has 0 bridgehead atoms. The zero-order valence-corrected chi connectivity index (χ0v) is 15.5. The van der Waals surface area contributed by atoms with Crippen LogP contribution >= 0.6 is 11.6 Å². The summed E-state index contributed by atoms with van der Waals surface area (Å²) in [7, 11) is 0. The zero-order chi connectivity index (χ0) is 17.9. The maximum absolute atomic E-state index is 12.5. The van der Waals surface area contributed by atoms with Gasteiger partial charge in [0.05, 0.1) is 10.7 Å². The number of carbonyl (C=O) groups excluding carboxylic acids is 1. The van der Waals surface area contributed by atoms with E-state index in [1.807, 2.05) is 24.3 Å². The molecule has 138 valence electrons. The van der Waals surface area contributed by atoms with Crippen LogP contribution in [0.4, 0.5) is 0 Å². The van der Waals surface area contributed by atoms with Crippen LogP contribution in [-0.2, 0) is 0 Å². The Kier molecular flexibility index (Phi) is 5.22. The molecule has 1 amide bonds. The van der Waals surface area contributed by atoms with Gasteiger partial charge in [0.25, 0.3) is 5.91 Å². The highest BCUT2D eigenvalue weighted by Gasteiger charge is 2.32. The van der Waals surface area contributed by atoms with E-state index in [0.717, 1.165) is 43.9 Å². The number of carbonyl (C=O) groups is 1. The first-order valence-electron chi connectivity index (χ1n) is 9.43. The predicted molar refractivity (Wildman–Crippen MR) is 101 cm³/mol. The van der Waals surface area contributed by atoms with Crippen molar-refractivity contribution in [3.05, 3.63) is 40.9 Å². The van der Waals surface area contributed by atoms with Gasteiger partial charge in [0, 0.05) is 12.5 Å². The number of hydrogen-bond acceptors (Lipinski definition) is 4. The van der Waals surface area contributed by atoms with Crippen LogP contribution in [0.1, 0.15) is 54.5 Å². The van der Waals surface area contributed by atoms with E-state index in [1.54, 1.807) is 4.68 Å². The first kappa shape index (κ1) is 17.5. The second-order valence-electron chi connectivity index (χ2n) is 7.19. The van der Waals surface area contributed by atoms with Gasteiger partial charge in [0.1, 0.15) is 5.82 Å². The lowest BCUT2D eigenvalue weighted by Crippen LogP contribution is -2.33. The Bertz CT molecular complexity index is 780. The first-order valence-corrected chi connectivity index (χ1v) is 9.81. The topological polar surface area (TPSA) is 71.8 Å². The lowest BCUT2D eigenvalue weighted by molar-refractivity contribution is 0.0940. The summed E-state index contributed by atoms with van der Waals surface area (Å²) in [6.45, 7) is 2.81. The highest BCUT2D eigenvalue weighted by Crippen LogP contribution is 2.40. The number of rotatable bonds is 6. The average molecular weight is 374 g/mol. The second kappa shape index (κ2) is 7.76. The molecule has 1 aliphatic carbocycles. The van der Waals surface area contributed by atoms with Gasteiger partial charge < -0.3 is 10.6 Å². The van der Waals surface area contributed by atoms with Gasteiger partial charge in [0.15, 0.2) is 0 Å². The molecule has 1 atom stereocenters. The number of halogens is 1. The molecular weight excluding hydrogens is 350 g/mol. The van der Waals surface area contributed by atoms with Crippen LogP contribution in [0.5, 0.6) is 0 Å². The van der Waals surface area contributed by atoms with Crippen LogP contribution in [0.15, 0.2) is 24.3 Å². The molecule has 0 radical (unpaired) electrons. The summed E-state index contributed by atoms with van der Waals surface area (Å²) in [5, 5.41) is 11.5. The quantitative estimate of drug-likeness (QED) is 0.816. The minimum absolute atomic E-state index is 0.207. The molecule has 6 nitrogen and oxygen atoms in total. The number of amides is 1. The number of nitrogens with one attached hydrogen (secondary N) is 2. The van der Waals surface area contributed by atoms with Crippen molar-refractivity contribution in [3.8, 4) is 5.69 Å². The Hall–Kier alpha value is -1.92. The summed E-state index contributed by atoms with van der Waals surface area (Å²) in [4.78, 5) is 17.0. The van der Waals surface area contributed by atoms with Crippen molar-refractivity contribution < 1.29 is 4.79 Å². The van der Waals surface area contributed by atoms with Crippen LogP contribution < -0.4 is 10.6 Å². The van der Waals surface area contributed by atoms with E-state index in [0.29, 0.717) is 23.4 Å². The van der Waals surface area contributed by atoms with Gasteiger partial charge in [-0.25, -0.2) is 9.67 Å². The van der Waals surface area contributed by atoms with Crippen molar-refractivity contribution in [2.45, 2.75) is 38.0 Å². The van der Waals surface area contributed by atoms with Gasteiger partial charge in [-0.05, 0) is 63.2 Å². The zero-order valence-electron chi connectivity index (χ0n) is 14.7. The van der Waals surface area contributed by atoms with Crippen molar-refractivity contribution in [1.82, 2.24) is 25.4 Å². The molecule has 2 N–H and O–H groups in total. The smallest absolute Gasteiger partial charge is 0.290 e. The minimum Gasteiger partial charge on any atom is -0.349 e. The Morgan fingerprint density at radius 1 is 1.31 bits per heavy atom. The fourth-order valence-corrected chi connectivity index (χ4v) is 3.68. The van der Waals surface area contributed by atoms with Crippen molar-refractivity contribution in [3.63, 3.8) is 0 Å². The molecule has 1 aromatic carbocycles. The van der Waals surface area contributed by atoms with Gasteiger partial charge in [-0.3, -0.25) is 4.79 Å². The third-order valence-electron chi connectivity index (χ3n) is 5.10. The second-order valence-corrected chi connectivity index (χ2v) is 7.60. The lowest BCUT2D eigenvalue weighted by atomic mass is 9.96. The maximum atomic E-state index is 12.5. The monoisotopic (exact) mass is 373 g/mol. The van der Waals surface area contributed by atoms with Crippen LogP contribution in [0.2, 0.25) is 5.02 Å². The first-order chi connectivity index (χ1) is 12.7. The van der Waals surface area contributed by atoms with Crippen molar-refractivity contribution >= 4 is 17.5 Å². The number of aromatic nitrogens is 3. The number of benzene rings is 1. The largest absolute Gasteiger partial charge is 0.349 e. The number of piperidine rings is 1. The number of hydrogen-bond donors (Lipinski definition) is 2. The van der Waals surface area contributed by atoms with Crippen LogP contribution in [0.25, 0.3) is 5.69 Å². The molecule has 26 heavy (non-hydrogen) atoms. The molecule has 1 saturated heterocycles. The highest BCUT2D eigenvalue weighted by atomic mass is 35.5. The summed E-state index contributed by atoms with van der Waals surface area (Å²) >= 11 is 6.32. The number of para-hydroxylation sites is 1. The molecule has 7 heteroatoms. The predicted octanol–water partition coefficient (Wildman–Crippen LogP) is 2.92. The molecule has 1 unspecified atom stereocenters. The fourth-order valence-electron chi connectivity index (χ4n) is 3.47. The molecule has 2 aliphatic rings. The van der Waals surface area contributed by atoms with Gasteiger partial charge in [-0.15, -0.1) is 5.10 Å². The molecule has 1 saturated carbocycles. The Morgan fingerprint density at radius 3 is 2.88 bits per heavy atom. The van der Waals surface area contributed by atoms with Crippen molar-refractivity contribution in [1.29, 1.82) is 0 Å². The van der Waals surface area contributed by atoms with Crippen LogP contribution in [-0.4, -0.2) is 40.3 Å². The molecule has 1 aromatic heterocycles. The van der Waals surface area contributed by atoms with E-state index in [2.05, 4.69) is 20.7 Å². The van der Waals surface area contributed by atoms with Crippen LogP contribution in [0.3, 0.4) is 0 Å². The van der Waals surface area contributed by atoms with Gasteiger partial charge in [0.2, 0.25) is 5.82 Å². The molecular formula is C19H24ClN5O. The van der Waals surface area contributed by atoms with E-state index < -0.39 is 0 Å². The summed E-state index contributed by atoms with van der Waals surface area (Å²) in [5.74, 6) is 1.86. The summed E-state index contributed by atoms with van der Waals surface area (Å²) < 4.78 is 1.74. The molecule has 1 aliphatic heterocycles. The van der Waals surface area contributed by atoms with Crippen LogP contribution in [0, 0.1) is 5.92 Å². The Morgan fingerprint density at radius 2 is 2.15 bits per heavy atom. The summed E-state index contributed by atoms with van der Waals surface area (Å²) in [5.41, 5.74) is 0.774. The molecule has 4 rings (SSSR count). The van der Waals surface area contributed by atoms with E-state index in [4.69, 9.17) is 11.6 Å². The molecule has 0 spiro atoms. The Balaban J connectivity index is 1.45. The van der Waals surface area contributed by atoms with E-state index in [1.165, 1.54) is 12.8 Å². The maximum Gasteiger partial charge on any atom is 0.290 e. The SMILES string of the molecule is O=C(NCCC1CCCNC1)c1nc(C2CC2)n(-c2ccccc2Cl)n1. The van der Waals surface area contributed by atoms with E-state index in [-0.39, 0.29) is 11.7 Å². The molecule has 2 fully saturated rings. The van der Waals surface area contributed by atoms with Crippen molar-refractivity contribution in [2.75, 3.05) is 19.6 Å². The van der Waals surface area contributed by atoms with Gasteiger partial charge >= 0.3 is 0 Å². The normalized spacial score (nSPS) is 20.1. The fraction of sp³-hybridized carbons (Fsp3) is 0.526. The van der Waals surface area contributed by atoms with Gasteiger partial charge in [-0.2, -0.15) is 0 Å². The highest BCUT2D eigenvalue weighted by molar-refractivity contribution is 6.32. The number of nitrogens with zero attached hydrogens (tertiary/aromatic N) is 3. The van der Waals surface area contributed by atoms with Crippen molar-refractivity contribution in [2.24, 2.45) is 5.92 Å². The third kappa shape index (κ3) is 3.91. The van der Waals surface area contributed by atoms with E-state index in [9.17, 15) is 4.79 Å². The lowest BCUT2D eigenvalue weighted by Gasteiger charge is -2.22. The third-order valence-corrected chi connectivity index (χ3v) is 5.42. The minimum atomic E-state index is -0.207.